The van der Waals surface area contributed by atoms with Crippen LogP contribution in [-0.4, -0.2) is 79.9 Å². The van der Waals surface area contributed by atoms with E-state index in [4.69, 9.17) is 20.2 Å². The topological polar surface area (TPSA) is 106 Å². The molecule has 1 amide bonds. The van der Waals surface area contributed by atoms with Crippen LogP contribution in [-0.2, 0) is 22.4 Å². The third kappa shape index (κ3) is 5.19. The summed E-state index contributed by atoms with van der Waals surface area (Å²) in [4.78, 5) is 25.6. The zero-order valence-corrected chi connectivity index (χ0v) is 22.1. The van der Waals surface area contributed by atoms with Crippen molar-refractivity contribution in [1.29, 1.82) is 0 Å². The van der Waals surface area contributed by atoms with Crippen molar-refractivity contribution in [1.82, 2.24) is 20.2 Å². The molecular weight excluding hydrogens is 499 g/mol. The third-order valence-corrected chi connectivity index (χ3v) is 7.84. The van der Waals surface area contributed by atoms with Crippen LogP contribution in [0.15, 0.2) is 36.4 Å². The maximum atomic E-state index is 15.3. The van der Waals surface area contributed by atoms with Crippen molar-refractivity contribution in [3.05, 3.63) is 59.0 Å². The van der Waals surface area contributed by atoms with Crippen LogP contribution >= 0.6 is 0 Å². The molecule has 3 aliphatic heterocycles. The lowest BCUT2D eigenvalue weighted by Gasteiger charge is -2.32. The Bertz CT molecular complexity index is 1390. The largest absolute Gasteiger partial charge is 0.382 e. The minimum Gasteiger partial charge on any atom is -0.382 e. The molecular formula is C29H33FN6O3. The molecule has 2 fully saturated rings. The van der Waals surface area contributed by atoms with Gasteiger partial charge >= 0.3 is 0 Å². The second-order valence-electron chi connectivity index (χ2n) is 10.3. The molecule has 3 aromatic rings. The van der Waals surface area contributed by atoms with E-state index in [9.17, 15) is 4.79 Å². The van der Waals surface area contributed by atoms with Gasteiger partial charge in [-0.1, -0.05) is 12.1 Å². The first-order valence-corrected chi connectivity index (χ1v) is 13.5. The van der Waals surface area contributed by atoms with Crippen LogP contribution in [0.5, 0.6) is 0 Å². The van der Waals surface area contributed by atoms with E-state index in [0.717, 1.165) is 56.0 Å². The SMILES string of the molecule is CO[C@H]1CCN(Cc2cc(-c3nc(-c4ccc5c(c4)CCNC5=O)c(N)nc3F)ccc2N2CCOCC2)C1. The van der Waals surface area contributed by atoms with Crippen LogP contribution in [0.3, 0.4) is 0 Å². The van der Waals surface area contributed by atoms with E-state index in [1.54, 1.807) is 19.2 Å². The summed E-state index contributed by atoms with van der Waals surface area (Å²) in [5.74, 6) is -0.784. The van der Waals surface area contributed by atoms with Gasteiger partial charge in [0.05, 0.1) is 19.3 Å². The molecule has 2 aromatic carbocycles. The number of morpholine rings is 1. The molecule has 10 heteroatoms. The zero-order chi connectivity index (χ0) is 26.9. The summed E-state index contributed by atoms with van der Waals surface area (Å²) in [6, 6.07) is 11.4. The Labute approximate surface area is 227 Å². The van der Waals surface area contributed by atoms with Gasteiger partial charge in [-0.25, -0.2) is 4.98 Å². The van der Waals surface area contributed by atoms with Gasteiger partial charge in [-0.2, -0.15) is 9.37 Å². The first-order valence-electron chi connectivity index (χ1n) is 13.5. The molecule has 204 valence electrons. The van der Waals surface area contributed by atoms with Gasteiger partial charge in [-0.05, 0) is 48.2 Å². The molecule has 2 saturated heterocycles. The van der Waals surface area contributed by atoms with Gasteiger partial charge in [0.1, 0.15) is 11.4 Å². The molecule has 6 rings (SSSR count). The van der Waals surface area contributed by atoms with Gasteiger partial charge in [0, 0.05) is 68.8 Å². The molecule has 4 heterocycles. The minimum absolute atomic E-state index is 0.0179. The first-order chi connectivity index (χ1) is 19.0. The smallest absolute Gasteiger partial charge is 0.251 e. The quantitative estimate of drug-likeness (QED) is 0.499. The normalized spacial score (nSPS) is 19.7. The van der Waals surface area contributed by atoms with Crippen molar-refractivity contribution in [3.8, 4) is 22.5 Å². The Morgan fingerprint density at radius 3 is 2.69 bits per heavy atom. The van der Waals surface area contributed by atoms with Crippen LogP contribution in [0.2, 0.25) is 0 Å². The number of halogens is 1. The Morgan fingerprint density at radius 2 is 1.90 bits per heavy atom. The van der Waals surface area contributed by atoms with Crippen molar-refractivity contribution in [2.24, 2.45) is 0 Å². The number of benzene rings is 2. The summed E-state index contributed by atoms with van der Waals surface area (Å²) in [6.45, 7) is 6.09. The molecule has 0 spiro atoms. The molecule has 0 unspecified atom stereocenters. The van der Waals surface area contributed by atoms with E-state index < -0.39 is 5.95 Å². The number of nitrogens with zero attached hydrogens (tertiary/aromatic N) is 4. The molecule has 1 atom stereocenters. The van der Waals surface area contributed by atoms with Gasteiger partial charge in [0.2, 0.25) is 5.95 Å². The third-order valence-electron chi connectivity index (χ3n) is 7.84. The summed E-state index contributed by atoms with van der Waals surface area (Å²) < 4.78 is 26.4. The van der Waals surface area contributed by atoms with Crippen molar-refractivity contribution in [2.75, 3.05) is 63.7 Å². The van der Waals surface area contributed by atoms with Crippen molar-refractivity contribution < 1.29 is 18.7 Å². The summed E-state index contributed by atoms with van der Waals surface area (Å²) in [6.07, 6.45) is 1.93. The van der Waals surface area contributed by atoms with Gasteiger partial charge in [0.25, 0.3) is 5.91 Å². The second-order valence-corrected chi connectivity index (χ2v) is 10.3. The monoisotopic (exact) mass is 532 g/mol. The Balaban J connectivity index is 1.38. The molecule has 0 bridgehead atoms. The van der Waals surface area contributed by atoms with Gasteiger partial charge in [-0.3, -0.25) is 9.69 Å². The van der Waals surface area contributed by atoms with Crippen molar-refractivity contribution in [3.63, 3.8) is 0 Å². The number of hydrogen-bond acceptors (Lipinski definition) is 8. The average molecular weight is 533 g/mol. The number of fused-ring (bicyclic) bond motifs is 1. The van der Waals surface area contributed by atoms with Crippen LogP contribution < -0.4 is 16.0 Å². The summed E-state index contributed by atoms with van der Waals surface area (Å²) >= 11 is 0. The number of methoxy groups -OCH3 is 1. The number of carbonyl (C=O) groups is 1. The fraction of sp³-hybridized carbons (Fsp3) is 0.414. The first kappa shape index (κ1) is 25.7. The lowest BCUT2D eigenvalue weighted by atomic mass is 9.96. The number of ether oxygens (including phenoxy) is 2. The number of aromatic nitrogens is 2. The number of hydrogen-bond donors (Lipinski definition) is 2. The van der Waals surface area contributed by atoms with Crippen LogP contribution in [0.4, 0.5) is 15.9 Å². The minimum atomic E-state index is -0.709. The number of nitrogens with two attached hydrogens (primary N) is 1. The van der Waals surface area contributed by atoms with E-state index in [0.29, 0.717) is 48.6 Å². The molecule has 1 aromatic heterocycles. The summed E-state index contributed by atoms with van der Waals surface area (Å²) in [5, 5.41) is 2.85. The Kier molecular flexibility index (Phi) is 7.16. The molecule has 0 aliphatic carbocycles. The van der Waals surface area contributed by atoms with Crippen LogP contribution in [0, 0.1) is 5.95 Å². The van der Waals surface area contributed by atoms with Gasteiger partial charge < -0.3 is 25.4 Å². The van der Waals surface area contributed by atoms with Crippen molar-refractivity contribution >= 4 is 17.4 Å². The van der Waals surface area contributed by atoms with E-state index in [2.05, 4.69) is 26.2 Å². The molecule has 9 nitrogen and oxygen atoms in total. The fourth-order valence-corrected chi connectivity index (χ4v) is 5.74. The van der Waals surface area contributed by atoms with E-state index in [1.165, 1.54) is 0 Å². The van der Waals surface area contributed by atoms with Crippen LogP contribution in [0.1, 0.15) is 27.9 Å². The number of nitrogen functional groups attached to an aromatic ring is 1. The predicted octanol–water partition coefficient (Wildman–Crippen LogP) is 2.88. The van der Waals surface area contributed by atoms with E-state index in [-0.39, 0.29) is 23.5 Å². The molecule has 3 aliphatic rings. The molecule has 0 radical (unpaired) electrons. The Hall–Kier alpha value is -3.60. The van der Waals surface area contributed by atoms with E-state index in [1.807, 2.05) is 18.2 Å². The zero-order valence-electron chi connectivity index (χ0n) is 22.1. The highest BCUT2D eigenvalue weighted by molar-refractivity contribution is 5.97. The number of carbonyl (C=O) groups excluding carboxylic acids is 1. The number of anilines is 2. The molecule has 3 N–H and O–H groups in total. The van der Waals surface area contributed by atoms with Crippen LogP contribution in [0.25, 0.3) is 22.5 Å². The maximum Gasteiger partial charge on any atom is 0.251 e. The van der Waals surface area contributed by atoms with E-state index >= 15 is 4.39 Å². The average Bonchev–Trinajstić information content (AvgIpc) is 3.41. The molecule has 39 heavy (non-hydrogen) atoms. The van der Waals surface area contributed by atoms with Gasteiger partial charge in [0.15, 0.2) is 5.82 Å². The highest BCUT2D eigenvalue weighted by Crippen LogP contribution is 2.33. The summed E-state index contributed by atoms with van der Waals surface area (Å²) in [7, 11) is 1.76. The fourth-order valence-electron chi connectivity index (χ4n) is 5.74. The lowest BCUT2D eigenvalue weighted by Crippen LogP contribution is -2.37. The standard InChI is InChI=1S/C29H33FN6O3/c1-38-22-7-9-35(17-22)16-21-15-19(3-5-24(21)36-10-12-39-13-11-36)25-27(30)34-28(31)26(33-25)20-2-4-23-18(14-20)6-8-32-29(23)37/h2-5,14-15,22H,6-13,16-17H2,1H3,(H2,31,34)(H,32,37)/t22-/m0/s1. The number of nitrogens with one attached hydrogen (secondary N) is 1. The number of rotatable bonds is 6. The maximum absolute atomic E-state index is 15.3. The summed E-state index contributed by atoms with van der Waals surface area (Å²) in [5.41, 5.74) is 11.9. The van der Waals surface area contributed by atoms with Gasteiger partial charge in [-0.15, -0.1) is 0 Å². The highest BCUT2D eigenvalue weighted by Gasteiger charge is 2.25. The lowest BCUT2D eigenvalue weighted by molar-refractivity contribution is 0.0946. The Morgan fingerprint density at radius 1 is 1.10 bits per heavy atom. The molecule has 0 saturated carbocycles. The number of amides is 1. The predicted molar refractivity (Wildman–Crippen MR) is 147 cm³/mol. The highest BCUT2D eigenvalue weighted by atomic mass is 19.1. The number of likely N-dealkylation sites (tertiary alicyclic amines) is 1. The second kappa shape index (κ2) is 10.9. The van der Waals surface area contributed by atoms with Crippen molar-refractivity contribution in [2.45, 2.75) is 25.5 Å².